The van der Waals surface area contributed by atoms with Crippen LogP contribution in [0.5, 0.6) is 0 Å². The molecule has 1 aromatic heterocycles. The number of aromatic nitrogens is 2. The van der Waals surface area contributed by atoms with Gasteiger partial charge >= 0.3 is 0 Å². The summed E-state index contributed by atoms with van der Waals surface area (Å²) in [5.74, 6) is 4.19. The topological polar surface area (TPSA) is 41.0 Å². The zero-order valence-electron chi connectivity index (χ0n) is 12.8. The Morgan fingerprint density at radius 1 is 1.32 bits per heavy atom. The molecule has 0 radical (unpaired) electrons. The van der Waals surface area contributed by atoms with Gasteiger partial charge in [0.25, 0.3) is 0 Å². The van der Waals surface area contributed by atoms with Gasteiger partial charge in [0.15, 0.2) is 0 Å². The fourth-order valence-electron chi connectivity index (χ4n) is 2.08. The Bertz CT molecular complexity index is 426. The third-order valence-electron chi connectivity index (χ3n) is 3.97. The van der Waals surface area contributed by atoms with E-state index in [-0.39, 0.29) is 0 Å². The standard InChI is InChI=1S/C15H26N4/c1-6-16-13-9-14(19(5)11(4)10(2)3)18-15(17-13)12-7-8-12/h9-12H,6-8H2,1-5H3,(H,16,17,18). The fraction of sp³-hybridized carbons (Fsp3) is 0.733. The average Bonchev–Trinajstić information content (AvgIpc) is 3.21. The molecule has 0 spiro atoms. The van der Waals surface area contributed by atoms with E-state index in [0.29, 0.717) is 17.9 Å². The molecule has 1 aliphatic rings. The SMILES string of the molecule is CCNc1cc(N(C)C(C)C(C)C)nc(C2CC2)n1. The predicted molar refractivity (Wildman–Crippen MR) is 80.9 cm³/mol. The second-order valence-corrected chi connectivity index (χ2v) is 5.87. The molecule has 1 saturated carbocycles. The first-order chi connectivity index (χ1) is 9.02. The highest BCUT2D eigenvalue weighted by molar-refractivity contribution is 5.50. The van der Waals surface area contributed by atoms with E-state index in [1.54, 1.807) is 0 Å². The molecular formula is C15H26N4. The maximum Gasteiger partial charge on any atom is 0.136 e. The van der Waals surface area contributed by atoms with E-state index in [2.05, 4.69) is 56.0 Å². The molecule has 1 unspecified atom stereocenters. The van der Waals surface area contributed by atoms with Gasteiger partial charge in [0.05, 0.1) is 0 Å². The molecule has 1 heterocycles. The molecule has 1 aromatic rings. The van der Waals surface area contributed by atoms with Gasteiger partial charge in [-0.05, 0) is 32.6 Å². The Morgan fingerprint density at radius 2 is 2.00 bits per heavy atom. The third kappa shape index (κ3) is 3.37. The molecule has 1 N–H and O–H groups in total. The molecule has 1 aliphatic carbocycles. The first kappa shape index (κ1) is 14.1. The molecule has 0 aromatic carbocycles. The van der Waals surface area contributed by atoms with Crippen molar-refractivity contribution in [3.63, 3.8) is 0 Å². The van der Waals surface area contributed by atoms with Crippen LogP contribution in [0.4, 0.5) is 11.6 Å². The van der Waals surface area contributed by atoms with Gasteiger partial charge in [-0.1, -0.05) is 13.8 Å². The van der Waals surface area contributed by atoms with Gasteiger partial charge in [0.2, 0.25) is 0 Å². The summed E-state index contributed by atoms with van der Waals surface area (Å²) in [7, 11) is 2.12. The third-order valence-corrected chi connectivity index (χ3v) is 3.97. The molecular weight excluding hydrogens is 236 g/mol. The first-order valence-corrected chi connectivity index (χ1v) is 7.38. The molecule has 0 saturated heterocycles. The second-order valence-electron chi connectivity index (χ2n) is 5.87. The van der Waals surface area contributed by atoms with E-state index in [1.807, 2.05) is 0 Å². The van der Waals surface area contributed by atoms with Crippen molar-refractivity contribution in [1.82, 2.24) is 9.97 Å². The zero-order valence-corrected chi connectivity index (χ0v) is 12.8. The van der Waals surface area contributed by atoms with Crippen LogP contribution in [-0.4, -0.2) is 29.6 Å². The van der Waals surface area contributed by atoms with Crippen LogP contribution in [-0.2, 0) is 0 Å². The Labute approximate surface area is 116 Å². The predicted octanol–water partition coefficient (Wildman–Crippen LogP) is 3.27. The molecule has 106 valence electrons. The van der Waals surface area contributed by atoms with E-state index in [1.165, 1.54) is 12.8 Å². The summed E-state index contributed by atoms with van der Waals surface area (Å²) in [6, 6.07) is 2.53. The van der Waals surface area contributed by atoms with Gasteiger partial charge in [0, 0.05) is 31.6 Å². The van der Waals surface area contributed by atoms with Gasteiger partial charge in [-0.3, -0.25) is 0 Å². The second kappa shape index (κ2) is 5.76. The summed E-state index contributed by atoms with van der Waals surface area (Å²) in [6.07, 6.45) is 2.47. The van der Waals surface area contributed by atoms with E-state index in [9.17, 15) is 0 Å². The summed E-state index contributed by atoms with van der Waals surface area (Å²) in [4.78, 5) is 11.6. The summed E-state index contributed by atoms with van der Waals surface area (Å²) < 4.78 is 0. The molecule has 0 amide bonds. The van der Waals surface area contributed by atoms with Crippen molar-refractivity contribution in [3.8, 4) is 0 Å². The lowest BCUT2D eigenvalue weighted by atomic mass is 10.1. The summed E-state index contributed by atoms with van der Waals surface area (Å²) >= 11 is 0. The van der Waals surface area contributed by atoms with Crippen molar-refractivity contribution in [3.05, 3.63) is 11.9 Å². The molecule has 2 rings (SSSR count). The monoisotopic (exact) mass is 262 g/mol. The van der Waals surface area contributed by atoms with Crippen molar-refractivity contribution in [2.24, 2.45) is 5.92 Å². The van der Waals surface area contributed by atoms with Crippen LogP contribution in [0.25, 0.3) is 0 Å². The van der Waals surface area contributed by atoms with Crippen LogP contribution >= 0.6 is 0 Å². The Hall–Kier alpha value is -1.32. The minimum absolute atomic E-state index is 0.469. The lowest BCUT2D eigenvalue weighted by Gasteiger charge is -2.29. The Morgan fingerprint density at radius 3 is 2.53 bits per heavy atom. The maximum absolute atomic E-state index is 4.76. The molecule has 0 aliphatic heterocycles. The van der Waals surface area contributed by atoms with Crippen molar-refractivity contribution in [1.29, 1.82) is 0 Å². The number of hydrogen-bond donors (Lipinski definition) is 1. The summed E-state index contributed by atoms with van der Waals surface area (Å²) in [6.45, 7) is 9.73. The van der Waals surface area contributed by atoms with E-state index >= 15 is 0 Å². The number of hydrogen-bond acceptors (Lipinski definition) is 4. The van der Waals surface area contributed by atoms with Crippen LogP contribution in [0.3, 0.4) is 0 Å². The van der Waals surface area contributed by atoms with Gasteiger partial charge in [-0.25, -0.2) is 9.97 Å². The molecule has 1 fully saturated rings. The number of nitrogens with one attached hydrogen (secondary N) is 1. The zero-order chi connectivity index (χ0) is 14.0. The van der Waals surface area contributed by atoms with Gasteiger partial charge in [-0.15, -0.1) is 0 Å². The number of rotatable bonds is 6. The summed E-state index contributed by atoms with van der Waals surface area (Å²) in [5, 5.41) is 3.32. The van der Waals surface area contributed by atoms with E-state index in [0.717, 1.165) is 24.0 Å². The van der Waals surface area contributed by atoms with Crippen LogP contribution < -0.4 is 10.2 Å². The number of anilines is 2. The number of nitrogens with zero attached hydrogens (tertiary/aromatic N) is 3. The van der Waals surface area contributed by atoms with E-state index in [4.69, 9.17) is 4.98 Å². The first-order valence-electron chi connectivity index (χ1n) is 7.38. The van der Waals surface area contributed by atoms with Crippen molar-refractivity contribution < 1.29 is 0 Å². The molecule has 19 heavy (non-hydrogen) atoms. The molecule has 4 nitrogen and oxygen atoms in total. The highest BCUT2D eigenvalue weighted by atomic mass is 15.2. The van der Waals surface area contributed by atoms with Crippen LogP contribution in [0.2, 0.25) is 0 Å². The molecule has 4 heteroatoms. The quantitative estimate of drug-likeness (QED) is 0.854. The highest BCUT2D eigenvalue weighted by Gasteiger charge is 2.28. The lowest BCUT2D eigenvalue weighted by Crippen LogP contribution is -2.34. The largest absolute Gasteiger partial charge is 0.370 e. The van der Waals surface area contributed by atoms with E-state index < -0.39 is 0 Å². The van der Waals surface area contributed by atoms with Gasteiger partial charge < -0.3 is 10.2 Å². The van der Waals surface area contributed by atoms with Crippen molar-refractivity contribution in [2.75, 3.05) is 23.8 Å². The van der Waals surface area contributed by atoms with Crippen molar-refractivity contribution >= 4 is 11.6 Å². The smallest absolute Gasteiger partial charge is 0.136 e. The Balaban J connectivity index is 2.27. The Kier molecular flexibility index (Phi) is 4.27. The highest BCUT2D eigenvalue weighted by Crippen LogP contribution is 2.39. The normalized spacial score (nSPS) is 16.5. The van der Waals surface area contributed by atoms with Crippen LogP contribution in [0.1, 0.15) is 52.3 Å². The maximum atomic E-state index is 4.76. The minimum Gasteiger partial charge on any atom is -0.370 e. The van der Waals surface area contributed by atoms with Gasteiger partial charge in [0.1, 0.15) is 17.5 Å². The summed E-state index contributed by atoms with van der Waals surface area (Å²) in [5.41, 5.74) is 0. The average molecular weight is 262 g/mol. The van der Waals surface area contributed by atoms with Gasteiger partial charge in [-0.2, -0.15) is 0 Å². The lowest BCUT2D eigenvalue weighted by molar-refractivity contribution is 0.502. The molecule has 1 atom stereocenters. The molecule has 0 bridgehead atoms. The van der Waals surface area contributed by atoms with Crippen LogP contribution in [0.15, 0.2) is 6.07 Å². The van der Waals surface area contributed by atoms with Crippen molar-refractivity contribution in [2.45, 2.75) is 52.5 Å². The fourth-order valence-corrected chi connectivity index (χ4v) is 2.08. The minimum atomic E-state index is 0.469. The van der Waals surface area contributed by atoms with Crippen LogP contribution in [0, 0.1) is 5.92 Å².